The van der Waals surface area contributed by atoms with Gasteiger partial charge in [0.2, 0.25) is 23.5 Å². The van der Waals surface area contributed by atoms with Crippen molar-refractivity contribution >= 4 is 58.2 Å². The first-order valence-electron chi connectivity index (χ1n) is 20.8. The molecule has 2 atom stereocenters. The van der Waals surface area contributed by atoms with Gasteiger partial charge in [0, 0.05) is 99.5 Å². The number of nitrogens with zero attached hydrogens (tertiary/aromatic N) is 9. The summed E-state index contributed by atoms with van der Waals surface area (Å²) in [5, 5.41) is 2.70. The third-order valence-corrected chi connectivity index (χ3v) is 13.9. The van der Waals surface area contributed by atoms with E-state index in [0.717, 1.165) is 113 Å². The highest BCUT2D eigenvalue weighted by Crippen LogP contribution is 2.46. The second-order valence-corrected chi connectivity index (χ2v) is 17.5. The van der Waals surface area contributed by atoms with Crippen molar-refractivity contribution in [3.63, 3.8) is 0 Å². The topological polar surface area (TPSA) is 130 Å². The molecule has 7 heterocycles. The zero-order valence-electron chi connectivity index (χ0n) is 33.2. The number of amides is 4. The summed E-state index contributed by atoms with van der Waals surface area (Å²) in [6.45, 7) is 17.8. The molecule has 0 bridgehead atoms. The van der Waals surface area contributed by atoms with Gasteiger partial charge in [-0.15, -0.1) is 0 Å². The van der Waals surface area contributed by atoms with Gasteiger partial charge in [-0.1, -0.05) is 17.7 Å². The van der Waals surface area contributed by atoms with E-state index in [1.54, 1.807) is 0 Å². The molecule has 16 heteroatoms. The molecule has 0 saturated carbocycles. The largest absolute Gasteiger partial charge is 0.368 e. The number of imide groups is 2. The van der Waals surface area contributed by atoms with Gasteiger partial charge in [0.1, 0.15) is 11.9 Å². The molecule has 59 heavy (non-hydrogen) atoms. The van der Waals surface area contributed by atoms with Gasteiger partial charge >= 0.3 is 0 Å². The Morgan fingerprint density at radius 2 is 1.59 bits per heavy atom. The fourth-order valence-electron chi connectivity index (χ4n) is 10.3. The van der Waals surface area contributed by atoms with Crippen LogP contribution in [0.2, 0.25) is 5.02 Å². The van der Waals surface area contributed by atoms with Crippen molar-refractivity contribution in [3.05, 3.63) is 81.7 Å². The van der Waals surface area contributed by atoms with Gasteiger partial charge in [0.05, 0.1) is 23.4 Å². The minimum Gasteiger partial charge on any atom is -0.368 e. The Bertz CT molecular complexity index is 2210. The van der Waals surface area contributed by atoms with Crippen LogP contribution >= 0.6 is 11.6 Å². The first-order valence-corrected chi connectivity index (χ1v) is 21.1. The van der Waals surface area contributed by atoms with Crippen molar-refractivity contribution < 1.29 is 23.6 Å². The van der Waals surface area contributed by atoms with E-state index in [-0.39, 0.29) is 35.1 Å². The molecule has 14 nitrogen and oxygen atoms in total. The van der Waals surface area contributed by atoms with Crippen LogP contribution in [0.1, 0.15) is 78.1 Å². The number of anilines is 3. The van der Waals surface area contributed by atoms with Crippen molar-refractivity contribution in [2.45, 2.75) is 76.5 Å². The molecule has 4 amide bonds. The number of aromatic nitrogens is 2. The van der Waals surface area contributed by atoms with Crippen LogP contribution in [0, 0.1) is 17.8 Å². The van der Waals surface area contributed by atoms with E-state index in [9.17, 15) is 19.2 Å². The first-order chi connectivity index (χ1) is 28.5. The summed E-state index contributed by atoms with van der Waals surface area (Å²) < 4.78 is 15.5. The third-order valence-electron chi connectivity index (χ3n) is 13.6. The van der Waals surface area contributed by atoms with Crippen LogP contribution in [0.25, 0.3) is 4.85 Å². The Hall–Kier alpha value is -5.17. The highest BCUT2D eigenvalue weighted by Gasteiger charge is 2.46. The summed E-state index contributed by atoms with van der Waals surface area (Å²) in [5.41, 5.74) is 3.25. The molecule has 3 aromatic rings. The average Bonchev–Trinajstić information content (AvgIpc) is 3.68. The van der Waals surface area contributed by atoms with E-state index in [4.69, 9.17) is 28.1 Å². The van der Waals surface area contributed by atoms with Crippen LogP contribution in [0.5, 0.6) is 0 Å². The summed E-state index contributed by atoms with van der Waals surface area (Å²) in [5.74, 6) is -2.26. The predicted molar refractivity (Wildman–Crippen MR) is 220 cm³/mol. The molecule has 5 saturated heterocycles. The van der Waals surface area contributed by atoms with Crippen LogP contribution in [0.15, 0.2) is 42.7 Å². The van der Waals surface area contributed by atoms with Gasteiger partial charge in [-0.2, -0.15) is 0 Å². The number of piperidine rings is 3. The maximum absolute atomic E-state index is 15.5. The van der Waals surface area contributed by atoms with Gasteiger partial charge in [0.25, 0.3) is 11.8 Å². The Morgan fingerprint density at radius 3 is 2.25 bits per heavy atom. The number of fused-ring (bicyclic) bond motifs is 1. The van der Waals surface area contributed by atoms with Crippen molar-refractivity contribution in [2.75, 3.05) is 73.6 Å². The molecule has 0 aliphatic carbocycles. The van der Waals surface area contributed by atoms with Crippen LogP contribution in [0.4, 0.5) is 27.4 Å². The maximum Gasteiger partial charge on any atom is 0.262 e. The third kappa shape index (κ3) is 7.51. The number of hydrogen-bond acceptors (Lipinski definition) is 11. The highest BCUT2D eigenvalue weighted by atomic mass is 35.5. The molecule has 6 aliphatic heterocycles. The van der Waals surface area contributed by atoms with Gasteiger partial charge in [-0.25, -0.2) is 19.2 Å². The number of rotatable bonds is 7. The number of halogens is 2. The predicted octanol–water partition coefficient (Wildman–Crippen LogP) is 4.89. The van der Waals surface area contributed by atoms with Gasteiger partial charge in [-0.05, 0) is 88.2 Å². The fraction of sp³-hybridized carbons (Fsp3) is 0.512. The summed E-state index contributed by atoms with van der Waals surface area (Å²) >= 11 is 6.38. The number of nitrogens with one attached hydrogen (secondary N) is 1. The summed E-state index contributed by atoms with van der Waals surface area (Å²) in [6.07, 6.45) is 9.38. The molecular weight excluding hydrogens is 775 g/mol. The number of likely N-dealkylation sites (tertiary alicyclic amines) is 1. The van der Waals surface area contributed by atoms with Crippen molar-refractivity contribution in [3.8, 4) is 0 Å². The van der Waals surface area contributed by atoms with Gasteiger partial charge in [0.15, 0.2) is 0 Å². The lowest BCUT2D eigenvalue weighted by Gasteiger charge is -2.43. The summed E-state index contributed by atoms with van der Waals surface area (Å²) in [7, 11) is 0. The lowest BCUT2D eigenvalue weighted by molar-refractivity contribution is -0.136. The van der Waals surface area contributed by atoms with Crippen molar-refractivity contribution in [2.24, 2.45) is 5.41 Å². The maximum atomic E-state index is 15.5. The van der Waals surface area contributed by atoms with E-state index in [2.05, 4.69) is 36.7 Å². The molecule has 1 aromatic heterocycles. The number of benzene rings is 2. The zero-order valence-corrected chi connectivity index (χ0v) is 34.0. The van der Waals surface area contributed by atoms with Crippen molar-refractivity contribution in [1.29, 1.82) is 0 Å². The Kier molecular flexibility index (Phi) is 10.5. The summed E-state index contributed by atoms with van der Waals surface area (Å²) in [4.78, 5) is 76.1. The Morgan fingerprint density at radius 1 is 0.898 bits per heavy atom. The van der Waals surface area contributed by atoms with Crippen molar-refractivity contribution in [1.82, 2.24) is 30.0 Å². The average molecular weight is 823 g/mol. The lowest BCUT2D eigenvalue weighted by atomic mass is 9.77. The van der Waals surface area contributed by atoms with Crippen LogP contribution < -0.4 is 20.0 Å². The number of piperazine rings is 1. The van der Waals surface area contributed by atoms with Crippen LogP contribution in [-0.4, -0.2) is 125 Å². The van der Waals surface area contributed by atoms with E-state index >= 15 is 4.39 Å². The minimum atomic E-state index is -1.09. The van der Waals surface area contributed by atoms with Crippen LogP contribution in [0.3, 0.4) is 0 Å². The van der Waals surface area contributed by atoms with Gasteiger partial charge in [-0.3, -0.25) is 39.2 Å². The highest BCUT2D eigenvalue weighted by molar-refractivity contribution is 6.33. The smallest absolute Gasteiger partial charge is 0.262 e. The molecule has 1 unspecified atom stereocenters. The fourth-order valence-corrected chi connectivity index (χ4v) is 10.5. The summed E-state index contributed by atoms with van der Waals surface area (Å²) in [6, 6.07) is 8.08. The Balaban J connectivity index is 0.730. The first kappa shape index (κ1) is 39.3. The molecular formula is C43H48ClFN10O4. The quantitative estimate of drug-likeness (QED) is 0.258. The molecule has 308 valence electrons. The van der Waals surface area contributed by atoms with Crippen LogP contribution in [-0.2, 0) is 16.1 Å². The molecule has 6 aliphatic rings. The molecule has 0 radical (unpaired) electrons. The molecule has 2 aromatic carbocycles. The molecule has 9 rings (SSSR count). The zero-order chi connectivity index (χ0) is 41.0. The monoisotopic (exact) mass is 822 g/mol. The van der Waals surface area contributed by atoms with E-state index in [1.165, 1.54) is 6.07 Å². The standard InChI is InChI=1S/C43H48ClFN10O4/c1-27-22-43(26-54(27)30-3-4-35(46-2)33(44)19-30)9-13-53(14-10-43)42-47-23-28(24-48-42)25-50-11-7-29(8-12-50)51-15-17-52(18-16-51)37-21-32-31(20-34(37)45)40(58)55(41(32)59)36-5-6-38(56)49-39(36)57/h3-4,19-21,23-24,27,29,36H,5-18,22,25-26H2,1H3,(H,49,56,57)/t27-,36?/m0/s1. The second kappa shape index (κ2) is 15.8. The Labute approximate surface area is 348 Å². The van der Waals surface area contributed by atoms with E-state index in [1.807, 2.05) is 35.5 Å². The normalized spacial score (nSPS) is 24.2. The second-order valence-electron chi connectivity index (χ2n) is 17.1. The number of carbonyl (C=O) groups excluding carboxylic acids is 4. The SMILES string of the molecule is [C-]#[N+]c1ccc(N2CC3(CCN(c4ncc(CN5CCC(N6CCN(c7cc8c(cc7F)C(=O)N(C7CCC(=O)NC7=O)C8=O)CC6)CC5)cn4)CC3)C[C@@H]2C)cc1Cl. The minimum absolute atomic E-state index is 0.0257. The number of hydrogen-bond donors (Lipinski definition) is 1. The van der Waals surface area contributed by atoms with Gasteiger partial charge < -0.3 is 14.7 Å². The molecule has 1 N–H and O–H groups in total. The van der Waals surface area contributed by atoms with E-state index in [0.29, 0.717) is 35.9 Å². The number of carbonyl (C=O) groups is 4. The molecule has 1 spiro atoms. The van der Waals surface area contributed by atoms with E-state index < -0.39 is 35.5 Å². The molecule has 5 fully saturated rings. The lowest BCUT2D eigenvalue weighted by Crippen LogP contribution is -2.54.